The van der Waals surface area contributed by atoms with Gasteiger partial charge in [-0.3, -0.25) is 43.2 Å². The fraction of sp³-hybridized carbons (Fsp3) is 0.667. The molecule has 0 amide bonds. The Kier molecular flexibility index (Phi) is 21.5. The van der Waals surface area contributed by atoms with Gasteiger partial charge in [0.2, 0.25) is 0 Å². The molecule has 69 heavy (non-hydrogen) atoms. The highest BCUT2D eigenvalue weighted by molar-refractivity contribution is 7.99. The molecule has 3 saturated heterocycles. The smallest absolute Gasteiger partial charge is 0.303 e. The molecular formula is C45H60O21S3. The summed E-state index contributed by atoms with van der Waals surface area (Å²) < 4.78 is 68.4. The summed E-state index contributed by atoms with van der Waals surface area (Å²) in [4.78, 5) is 110. The minimum Gasteiger partial charge on any atom is -0.456 e. The summed E-state index contributed by atoms with van der Waals surface area (Å²) in [6.07, 6.45) is -10.4. The third-order valence-electron chi connectivity index (χ3n) is 10.8. The molecule has 0 aromatic heterocycles. The lowest BCUT2D eigenvalue weighted by molar-refractivity contribution is -0.213. The van der Waals surface area contributed by atoms with Crippen LogP contribution in [0.5, 0.6) is 0 Å². The average Bonchev–Trinajstić information content (AvgIpc) is 3.21. The first-order valence-electron chi connectivity index (χ1n) is 21.7. The highest BCUT2D eigenvalue weighted by Crippen LogP contribution is 2.41. The summed E-state index contributed by atoms with van der Waals surface area (Å²) in [5, 5.41) is 0. The molecule has 0 spiro atoms. The van der Waals surface area contributed by atoms with Gasteiger partial charge in [0.05, 0.1) is 19.8 Å². The molecule has 3 aliphatic heterocycles. The third-order valence-corrected chi connectivity index (χ3v) is 14.4. The molecule has 0 bridgehead atoms. The largest absolute Gasteiger partial charge is 0.456 e. The Bertz CT molecular complexity index is 1850. The third kappa shape index (κ3) is 16.2. The van der Waals surface area contributed by atoms with Crippen molar-refractivity contribution in [3.8, 4) is 0 Å². The summed E-state index contributed by atoms with van der Waals surface area (Å²) >= 11 is 3.73. The Morgan fingerprint density at radius 3 is 0.725 bits per heavy atom. The van der Waals surface area contributed by atoms with E-state index in [-0.39, 0.29) is 37.1 Å². The van der Waals surface area contributed by atoms with Crippen molar-refractivity contribution >= 4 is 89.0 Å². The van der Waals surface area contributed by atoms with Crippen LogP contribution in [0.3, 0.4) is 0 Å². The number of ether oxygens (including phenoxy) is 12. The van der Waals surface area contributed by atoms with Gasteiger partial charge in [0.1, 0.15) is 16.3 Å². The van der Waals surface area contributed by atoms with E-state index < -0.39 is 125 Å². The van der Waals surface area contributed by atoms with Crippen LogP contribution in [0.25, 0.3) is 0 Å². The van der Waals surface area contributed by atoms with Crippen LogP contribution in [-0.4, -0.2) is 145 Å². The van der Waals surface area contributed by atoms with Crippen LogP contribution < -0.4 is 0 Å². The first-order chi connectivity index (χ1) is 32.4. The molecule has 3 heterocycles. The van der Waals surface area contributed by atoms with Gasteiger partial charge in [-0.05, 0) is 54.2 Å². The van der Waals surface area contributed by atoms with Gasteiger partial charge in [-0.2, -0.15) is 0 Å². The minimum atomic E-state index is -1.20. The summed E-state index contributed by atoms with van der Waals surface area (Å²) in [6, 6.07) is 0. The lowest BCUT2D eigenvalue weighted by atomic mass is 9.90. The summed E-state index contributed by atoms with van der Waals surface area (Å²) in [7, 11) is 0. The highest BCUT2D eigenvalue weighted by Gasteiger charge is 2.50. The molecule has 0 N–H and O–H groups in total. The summed E-state index contributed by atoms with van der Waals surface area (Å²) in [5.74, 6) is -5.51. The van der Waals surface area contributed by atoms with Crippen LogP contribution in [0, 0.1) is 20.8 Å². The van der Waals surface area contributed by atoms with E-state index in [2.05, 4.69) is 0 Å². The fourth-order valence-electron chi connectivity index (χ4n) is 8.09. The van der Waals surface area contributed by atoms with Crippen molar-refractivity contribution in [3.63, 3.8) is 0 Å². The zero-order valence-electron chi connectivity index (χ0n) is 40.5. The SMILES string of the molecule is CC(=O)OC1COC(SCc2c(C)c(CSC3OCC(OC(C)=O)C(OC(C)=O)C3OC(C)=O)c(C)c(CSC3OCC(OC(C)=O)C(OC(C)=O)C3OC(C)=O)c2C)C(OC(C)=O)C1OC(C)=O. The van der Waals surface area contributed by atoms with E-state index in [9.17, 15) is 43.2 Å². The maximum Gasteiger partial charge on any atom is 0.303 e. The van der Waals surface area contributed by atoms with Gasteiger partial charge < -0.3 is 56.8 Å². The number of carbonyl (C=O) groups is 9. The van der Waals surface area contributed by atoms with Crippen molar-refractivity contribution in [2.75, 3.05) is 19.8 Å². The predicted octanol–water partition coefficient (Wildman–Crippen LogP) is 3.77. The summed E-state index contributed by atoms with van der Waals surface area (Å²) in [5.41, 5.74) is 2.16. The van der Waals surface area contributed by atoms with Gasteiger partial charge in [0.15, 0.2) is 54.9 Å². The molecule has 0 aliphatic carbocycles. The Balaban J connectivity index is 1.79. The maximum atomic E-state index is 12.5. The lowest BCUT2D eigenvalue weighted by Gasteiger charge is -2.40. The second-order valence-electron chi connectivity index (χ2n) is 16.2. The number of hydrogen-bond donors (Lipinski definition) is 0. The van der Waals surface area contributed by atoms with Crippen LogP contribution in [0.15, 0.2) is 0 Å². The summed E-state index contributed by atoms with van der Waals surface area (Å²) in [6.45, 7) is 15.8. The van der Waals surface area contributed by atoms with E-state index in [0.717, 1.165) is 33.4 Å². The molecule has 4 rings (SSSR count). The molecule has 1 aromatic carbocycles. The van der Waals surface area contributed by atoms with E-state index in [0.29, 0.717) is 0 Å². The molecule has 21 nitrogen and oxygen atoms in total. The van der Waals surface area contributed by atoms with Gasteiger partial charge >= 0.3 is 53.7 Å². The number of rotatable bonds is 18. The van der Waals surface area contributed by atoms with Crippen LogP contribution in [0.2, 0.25) is 0 Å². The Hall–Kier alpha value is -4.62. The Labute approximate surface area is 412 Å². The van der Waals surface area contributed by atoms with Crippen LogP contribution >= 0.6 is 35.3 Å². The number of esters is 9. The topological polar surface area (TPSA) is 264 Å². The number of thioether (sulfide) groups is 3. The molecule has 3 fully saturated rings. The molecule has 24 heteroatoms. The van der Waals surface area contributed by atoms with Crippen LogP contribution in [0.1, 0.15) is 95.7 Å². The normalized spacial score (nSPS) is 27.7. The number of hydrogen-bond acceptors (Lipinski definition) is 24. The second-order valence-corrected chi connectivity index (χ2v) is 19.5. The molecule has 0 radical (unpaired) electrons. The molecule has 12 unspecified atom stereocenters. The van der Waals surface area contributed by atoms with E-state index in [1.807, 2.05) is 20.8 Å². The first kappa shape index (κ1) is 57.0. The minimum absolute atomic E-state index is 0.183. The van der Waals surface area contributed by atoms with E-state index in [4.69, 9.17) is 56.8 Å². The van der Waals surface area contributed by atoms with Gasteiger partial charge in [-0.25, -0.2) is 0 Å². The van der Waals surface area contributed by atoms with Crippen molar-refractivity contribution in [1.29, 1.82) is 0 Å². The highest BCUT2D eigenvalue weighted by atomic mass is 32.2. The quantitative estimate of drug-likeness (QED) is 0.150. The molecular weight excluding hydrogens is 973 g/mol. The van der Waals surface area contributed by atoms with Gasteiger partial charge in [-0.15, -0.1) is 35.3 Å². The van der Waals surface area contributed by atoms with Crippen molar-refractivity contribution < 1.29 is 100.0 Å². The monoisotopic (exact) mass is 1030 g/mol. The van der Waals surface area contributed by atoms with Crippen LogP contribution in [0.4, 0.5) is 0 Å². The van der Waals surface area contributed by atoms with Gasteiger partial charge in [0.25, 0.3) is 0 Å². The van der Waals surface area contributed by atoms with Crippen molar-refractivity contribution in [3.05, 3.63) is 33.4 Å². The van der Waals surface area contributed by atoms with E-state index >= 15 is 0 Å². The lowest BCUT2D eigenvalue weighted by Crippen LogP contribution is -2.56. The van der Waals surface area contributed by atoms with Gasteiger partial charge in [-0.1, -0.05) is 0 Å². The first-order valence-corrected chi connectivity index (χ1v) is 24.9. The van der Waals surface area contributed by atoms with E-state index in [1.165, 1.54) is 97.6 Å². The Morgan fingerprint density at radius 2 is 0.536 bits per heavy atom. The maximum absolute atomic E-state index is 12.5. The predicted molar refractivity (Wildman–Crippen MR) is 244 cm³/mol. The molecule has 384 valence electrons. The molecule has 0 saturated carbocycles. The standard InChI is InChI=1S/C45H60O21S3/c1-19-31(16-67-43-40(64-28(10)52)37(61-25(7)49)34(13-55-43)58-22(4)46)20(2)33(18-69-45-42(66-30(12)54)39(63-27(9)51)36(15-57-45)60-24(6)48)21(3)32(19)17-68-44-41(65-29(11)53)38(62-26(8)50)35(14-56-44)59-23(5)47/h34-45H,13-18H2,1-12H3. The fourth-order valence-corrected chi connectivity index (χ4v) is 12.1. The van der Waals surface area contributed by atoms with E-state index in [1.54, 1.807) is 0 Å². The zero-order chi connectivity index (χ0) is 51.4. The number of benzene rings is 1. The van der Waals surface area contributed by atoms with Gasteiger partial charge in [0, 0.05) is 79.6 Å². The number of carbonyl (C=O) groups excluding carboxylic acids is 9. The van der Waals surface area contributed by atoms with Crippen molar-refractivity contribution in [1.82, 2.24) is 0 Å². The zero-order valence-corrected chi connectivity index (χ0v) is 42.9. The molecule has 1 aromatic rings. The molecule has 3 aliphatic rings. The van der Waals surface area contributed by atoms with Crippen molar-refractivity contribution in [2.24, 2.45) is 0 Å². The second kappa shape index (κ2) is 26.0. The van der Waals surface area contributed by atoms with Crippen molar-refractivity contribution in [2.45, 2.75) is 172 Å². The van der Waals surface area contributed by atoms with Crippen LogP contribution in [-0.2, 0) is 117 Å². The Morgan fingerprint density at radius 1 is 0.348 bits per heavy atom. The molecule has 12 atom stereocenters. The average molecular weight is 1030 g/mol.